The van der Waals surface area contributed by atoms with E-state index in [1.165, 1.54) is 26.4 Å². The van der Waals surface area contributed by atoms with Crippen molar-refractivity contribution >= 4 is 23.5 Å². The quantitative estimate of drug-likeness (QED) is 0.324. The van der Waals surface area contributed by atoms with Crippen molar-refractivity contribution in [2.45, 2.75) is 63.7 Å². The summed E-state index contributed by atoms with van der Waals surface area (Å²) in [5, 5.41) is 30.0. The second kappa shape index (κ2) is 14.2. The van der Waals surface area contributed by atoms with Gasteiger partial charge in [0.2, 0.25) is 0 Å². The van der Waals surface area contributed by atoms with Crippen LogP contribution in [-0.4, -0.2) is 91.0 Å². The predicted octanol–water partition coefficient (Wildman–Crippen LogP) is 2.26. The summed E-state index contributed by atoms with van der Waals surface area (Å²) in [6.07, 6.45) is -6.87. The van der Waals surface area contributed by atoms with E-state index in [9.17, 15) is 24.9 Å². The first-order chi connectivity index (χ1) is 19.4. The summed E-state index contributed by atoms with van der Waals surface area (Å²) in [5.74, 6) is -0.625. The highest BCUT2D eigenvalue weighted by molar-refractivity contribution is 6.32. The van der Waals surface area contributed by atoms with Gasteiger partial charge in [0, 0.05) is 13.2 Å². The molecule has 5 atom stereocenters. The Kier molecular flexibility index (Phi) is 11.2. The molecule has 1 heterocycles. The molecular weight excluding hydrogens is 564 g/mol. The second-order valence-electron chi connectivity index (χ2n) is 10.1. The fourth-order valence-corrected chi connectivity index (χ4v) is 4.11. The number of rotatable bonds is 11. The standard InChI is InChI=1S/C28H35ClO12/c1-28(2,3)41-22(31)14-37-16-8-6-15(7-9-16)13-38-20-11-19(35-4)17(10-18(20)29)26(34)40-25-24(33)23(32)21(12-30)39-27(25)36-5/h6-11,21,23-25,27,30,32-33H,12-14H2,1-5H3/t21-,23-,24+,25-,27+/m1/s1. The fraction of sp³-hybridized carbons (Fsp3) is 0.500. The Morgan fingerprint density at radius 2 is 1.68 bits per heavy atom. The van der Waals surface area contributed by atoms with Gasteiger partial charge in [-0.2, -0.15) is 0 Å². The van der Waals surface area contributed by atoms with Gasteiger partial charge in [-0.15, -0.1) is 0 Å². The highest BCUT2D eigenvalue weighted by atomic mass is 35.5. The molecule has 1 aliphatic rings. The number of esters is 2. The van der Waals surface area contributed by atoms with E-state index in [4.69, 9.17) is 44.8 Å². The molecule has 0 bridgehead atoms. The van der Waals surface area contributed by atoms with E-state index >= 15 is 0 Å². The molecule has 0 saturated carbocycles. The lowest BCUT2D eigenvalue weighted by Crippen LogP contribution is -2.60. The van der Waals surface area contributed by atoms with Crippen LogP contribution in [-0.2, 0) is 30.3 Å². The minimum absolute atomic E-state index is 0.0721. The molecule has 1 fully saturated rings. The van der Waals surface area contributed by atoms with Crippen LogP contribution in [0.3, 0.4) is 0 Å². The lowest BCUT2D eigenvalue weighted by molar-refractivity contribution is -0.293. The Labute approximate surface area is 242 Å². The minimum atomic E-state index is -1.59. The van der Waals surface area contributed by atoms with Crippen LogP contribution in [0.1, 0.15) is 36.7 Å². The van der Waals surface area contributed by atoms with Crippen molar-refractivity contribution in [3.8, 4) is 17.2 Å². The summed E-state index contributed by atoms with van der Waals surface area (Å²) in [5.41, 5.74) is 0.0974. The van der Waals surface area contributed by atoms with Crippen molar-refractivity contribution in [1.29, 1.82) is 0 Å². The molecule has 41 heavy (non-hydrogen) atoms. The van der Waals surface area contributed by atoms with E-state index in [-0.39, 0.29) is 35.3 Å². The lowest BCUT2D eigenvalue weighted by atomic mass is 9.99. The van der Waals surface area contributed by atoms with E-state index in [2.05, 4.69) is 0 Å². The number of hydrogen-bond donors (Lipinski definition) is 3. The van der Waals surface area contributed by atoms with Crippen LogP contribution in [0.15, 0.2) is 36.4 Å². The predicted molar refractivity (Wildman–Crippen MR) is 144 cm³/mol. The molecule has 1 aliphatic heterocycles. The van der Waals surface area contributed by atoms with Gasteiger partial charge in [0.1, 0.15) is 53.3 Å². The van der Waals surface area contributed by atoms with Crippen LogP contribution < -0.4 is 14.2 Å². The summed E-state index contributed by atoms with van der Waals surface area (Å²) in [6.45, 7) is 4.64. The van der Waals surface area contributed by atoms with E-state index in [1.54, 1.807) is 45.0 Å². The molecule has 226 valence electrons. The number of carbonyl (C=O) groups is 2. The smallest absolute Gasteiger partial charge is 0.344 e. The summed E-state index contributed by atoms with van der Waals surface area (Å²) < 4.78 is 37.7. The van der Waals surface area contributed by atoms with Gasteiger partial charge in [0.25, 0.3) is 0 Å². The molecule has 0 aliphatic carbocycles. The van der Waals surface area contributed by atoms with Crippen LogP contribution in [0, 0.1) is 0 Å². The molecule has 3 N–H and O–H groups in total. The normalized spacial score (nSPS) is 22.5. The monoisotopic (exact) mass is 598 g/mol. The zero-order valence-electron chi connectivity index (χ0n) is 23.4. The van der Waals surface area contributed by atoms with Crippen molar-refractivity contribution in [3.05, 3.63) is 52.5 Å². The van der Waals surface area contributed by atoms with E-state index < -0.39 is 54.9 Å². The van der Waals surface area contributed by atoms with Crippen LogP contribution in [0.2, 0.25) is 5.02 Å². The highest BCUT2D eigenvalue weighted by Crippen LogP contribution is 2.35. The second-order valence-corrected chi connectivity index (χ2v) is 10.5. The molecule has 13 heteroatoms. The average molecular weight is 599 g/mol. The average Bonchev–Trinajstić information content (AvgIpc) is 2.93. The van der Waals surface area contributed by atoms with E-state index in [0.29, 0.717) is 5.75 Å². The summed E-state index contributed by atoms with van der Waals surface area (Å²) in [6, 6.07) is 9.56. The molecule has 1 saturated heterocycles. The van der Waals surface area contributed by atoms with Crippen LogP contribution in [0.4, 0.5) is 0 Å². The van der Waals surface area contributed by atoms with E-state index in [0.717, 1.165) is 5.56 Å². The minimum Gasteiger partial charge on any atom is -0.496 e. The third-order valence-corrected chi connectivity index (χ3v) is 6.16. The molecule has 0 aromatic heterocycles. The number of hydrogen-bond acceptors (Lipinski definition) is 12. The number of aliphatic hydroxyl groups excluding tert-OH is 3. The van der Waals surface area contributed by atoms with Gasteiger partial charge in [0.05, 0.1) is 18.7 Å². The maximum Gasteiger partial charge on any atom is 0.344 e. The summed E-state index contributed by atoms with van der Waals surface area (Å²) in [7, 11) is 2.60. The maximum atomic E-state index is 13.0. The van der Waals surface area contributed by atoms with Gasteiger partial charge in [-0.1, -0.05) is 23.7 Å². The molecular formula is C28H35ClO12. The third kappa shape index (κ3) is 8.68. The first-order valence-electron chi connectivity index (χ1n) is 12.7. The van der Waals surface area contributed by atoms with Gasteiger partial charge >= 0.3 is 11.9 Å². The van der Waals surface area contributed by atoms with Crippen molar-refractivity contribution in [2.24, 2.45) is 0 Å². The number of aliphatic hydroxyl groups is 3. The van der Waals surface area contributed by atoms with Gasteiger partial charge < -0.3 is 48.5 Å². The van der Waals surface area contributed by atoms with Crippen molar-refractivity contribution in [2.75, 3.05) is 27.4 Å². The zero-order valence-corrected chi connectivity index (χ0v) is 24.1. The molecule has 0 radical (unpaired) electrons. The van der Waals surface area contributed by atoms with Gasteiger partial charge in [-0.3, -0.25) is 0 Å². The fourth-order valence-electron chi connectivity index (χ4n) is 3.89. The summed E-state index contributed by atoms with van der Waals surface area (Å²) >= 11 is 6.38. The van der Waals surface area contributed by atoms with Crippen LogP contribution >= 0.6 is 11.6 Å². The zero-order chi connectivity index (χ0) is 30.3. The molecule has 0 spiro atoms. The number of carbonyl (C=O) groups excluding carboxylic acids is 2. The largest absolute Gasteiger partial charge is 0.496 e. The Morgan fingerprint density at radius 1 is 1.00 bits per heavy atom. The van der Waals surface area contributed by atoms with E-state index in [1.807, 2.05) is 0 Å². The SMILES string of the molecule is COc1cc(OCc2ccc(OCC(=O)OC(C)(C)C)cc2)c(Cl)cc1C(=O)O[C@H]1[C@@H](OC)O[C@H](CO)[C@@H](O)[C@@H]1O. The number of methoxy groups -OCH3 is 2. The van der Waals surface area contributed by atoms with Gasteiger partial charge in [-0.05, 0) is 44.5 Å². The van der Waals surface area contributed by atoms with Crippen molar-refractivity contribution in [3.63, 3.8) is 0 Å². The Hall–Kier alpha value is -3.13. The molecule has 0 amide bonds. The van der Waals surface area contributed by atoms with Crippen molar-refractivity contribution in [1.82, 2.24) is 0 Å². The van der Waals surface area contributed by atoms with Gasteiger partial charge in [0.15, 0.2) is 19.0 Å². The first kappa shape index (κ1) is 32.4. The Bertz CT molecular complexity index is 1180. The topological polar surface area (TPSA) is 159 Å². The number of halogens is 1. The number of ether oxygens (including phenoxy) is 7. The van der Waals surface area contributed by atoms with Crippen molar-refractivity contribution < 1.29 is 58.1 Å². The highest BCUT2D eigenvalue weighted by Gasteiger charge is 2.47. The first-order valence-corrected chi connectivity index (χ1v) is 13.0. The molecule has 0 unspecified atom stereocenters. The van der Waals surface area contributed by atoms with Crippen LogP contribution in [0.25, 0.3) is 0 Å². The molecule has 2 aromatic carbocycles. The molecule has 3 rings (SSSR count). The molecule has 12 nitrogen and oxygen atoms in total. The lowest BCUT2D eigenvalue weighted by Gasteiger charge is -2.40. The maximum absolute atomic E-state index is 13.0. The Balaban J connectivity index is 1.64. The van der Waals surface area contributed by atoms with Crippen LogP contribution in [0.5, 0.6) is 17.2 Å². The Morgan fingerprint density at radius 3 is 2.27 bits per heavy atom. The van der Waals surface area contributed by atoms with Gasteiger partial charge in [-0.25, -0.2) is 9.59 Å². The third-order valence-electron chi connectivity index (χ3n) is 5.87. The number of benzene rings is 2. The molecule has 2 aromatic rings. The summed E-state index contributed by atoms with van der Waals surface area (Å²) in [4.78, 5) is 24.8.